The van der Waals surface area contributed by atoms with Crippen molar-refractivity contribution in [2.24, 2.45) is 0 Å². The number of likely N-dealkylation sites (tertiary alicyclic amines) is 1. The van der Waals surface area contributed by atoms with Crippen LogP contribution in [0.3, 0.4) is 0 Å². The minimum absolute atomic E-state index is 0.0353. The molecule has 0 spiro atoms. The molecule has 2 aliphatic rings. The Kier molecular flexibility index (Phi) is 5.73. The Labute approximate surface area is 208 Å². The van der Waals surface area contributed by atoms with E-state index in [1.165, 1.54) is 12.1 Å². The van der Waals surface area contributed by atoms with Gasteiger partial charge in [0.25, 0.3) is 11.8 Å². The molecular formula is C28H26FN5O2. The molecule has 4 aromatic rings. The van der Waals surface area contributed by atoms with Crippen LogP contribution in [0.25, 0.3) is 22.4 Å². The van der Waals surface area contributed by atoms with Crippen LogP contribution in [-0.4, -0.2) is 81.8 Å². The van der Waals surface area contributed by atoms with E-state index in [4.69, 9.17) is 0 Å². The maximum atomic E-state index is 13.3. The number of carbonyl (C=O) groups excluding carboxylic acids is 2. The van der Waals surface area contributed by atoms with Crippen LogP contribution in [0.5, 0.6) is 0 Å². The maximum Gasteiger partial charge on any atom is 0.256 e. The first-order valence-electron chi connectivity index (χ1n) is 12.2. The Bertz CT molecular complexity index is 1410. The molecule has 0 unspecified atom stereocenters. The average Bonchev–Trinajstić information content (AvgIpc) is 3.33. The number of rotatable bonds is 4. The van der Waals surface area contributed by atoms with Crippen molar-refractivity contribution in [2.45, 2.75) is 6.04 Å². The summed E-state index contributed by atoms with van der Waals surface area (Å²) in [6.45, 7) is 4.32. The van der Waals surface area contributed by atoms with E-state index in [-0.39, 0.29) is 17.6 Å². The van der Waals surface area contributed by atoms with Crippen molar-refractivity contribution < 1.29 is 14.0 Å². The number of H-pyrrole nitrogens is 1. The summed E-state index contributed by atoms with van der Waals surface area (Å²) >= 11 is 0. The number of benzene rings is 3. The number of halogens is 1. The molecule has 0 saturated carbocycles. The quantitative estimate of drug-likeness (QED) is 0.481. The van der Waals surface area contributed by atoms with Gasteiger partial charge in [-0.25, -0.2) is 9.37 Å². The van der Waals surface area contributed by atoms with Gasteiger partial charge in [-0.3, -0.25) is 14.5 Å². The highest BCUT2D eigenvalue weighted by Crippen LogP contribution is 2.26. The molecule has 7 nitrogen and oxygen atoms in total. The van der Waals surface area contributed by atoms with E-state index in [0.29, 0.717) is 49.1 Å². The second-order valence-electron chi connectivity index (χ2n) is 9.35. The summed E-state index contributed by atoms with van der Waals surface area (Å²) < 4.78 is 13.3. The number of hydrogen-bond donors (Lipinski definition) is 1. The summed E-state index contributed by atoms with van der Waals surface area (Å²) in [5.74, 6) is 0.344. The lowest BCUT2D eigenvalue weighted by atomic mass is 10.0. The lowest BCUT2D eigenvalue weighted by molar-refractivity contribution is 0.00863. The summed E-state index contributed by atoms with van der Waals surface area (Å²) in [6.07, 6.45) is 0. The standard InChI is InChI=1S/C28H26FN5O2/c29-21-11-9-19(10-12-21)26-30-24-8-4-7-23(25(24)31-26)28(36)34-17-22(18-34)32-13-15-33(16-14-32)27(35)20-5-2-1-3-6-20/h1-12,22H,13-18H2,(H,30,31). The molecule has 1 aromatic heterocycles. The van der Waals surface area contributed by atoms with Crippen LogP contribution in [0.1, 0.15) is 20.7 Å². The molecule has 2 saturated heterocycles. The maximum absolute atomic E-state index is 13.3. The highest BCUT2D eigenvalue weighted by molar-refractivity contribution is 6.05. The zero-order valence-electron chi connectivity index (χ0n) is 19.7. The van der Waals surface area contributed by atoms with Crippen molar-refractivity contribution >= 4 is 22.8 Å². The third kappa shape index (κ3) is 4.13. The van der Waals surface area contributed by atoms with Crippen molar-refractivity contribution in [2.75, 3.05) is 39.3 Å². The minimum atomic E-state index is -0.303. The molecule has 0 radical (unpaired) electrons. The minimum Gasteiger partial charge on any atom is -0.338 e. The first kappa shape index (κ1) is 22.4. The van der Waals surface area contributed by atoms with Crippen LogP contribution in [0.2, 0.25) is 0 Å². The number of amides is 2. The molecule has 8 heteroatoms. The van der Waals surface area contributed by atoms with E-state index in [2.05, 4.69) is 14.9 Å². The average molecular weight is 484 g/mol. The summed E-state index contributed by atoms with van der Waals surface area (Å²) in [5, 5.41) is 0. The lowest BCUT2D eigenvalue weighted by Gasteiger charge is -2.48. The molecule has 182 valence electrons. The third-order valence-electron chi connectivity index (χ3n) is 7.15. The molecule has 0 bridgehead atoms. The fraction of sp³-hybridized carbons (Fsp3) is 0.250. The van der Waals surface area contributed by atoms with Crippen molar-refractivity contribution in [1.82, 2.24) is 24.7 Å². The van der Waals surface area contributed by atoms with Gasteiger partial charge in [-0.15, -0.1) is 0 Å². The van der Waals surface area contributed by atoms with Crippen LogP contribution >= 0.6 is 0 Å². The SMILES string of the molecule is O=C(c1ccccc1)N1CCN(C2CN(C(=O)c3cccc4[nH]c(-c5ccc(F)cc5)nc34)C2)CC1. The van der Waals surface area contributed by atoms with Crippen LogP contribution in [-0.2, 0) is 0 Å². The number of nitrogens with one attached hydrogen (secondary N) is 1. The van der Waals surface area contributed by atoms with Crippen molar-refractivity contribution in [3.63, 3.8) is 0 Å². The van der Waals surface area contributed by atoms with Crippen molar-refractivity contribution in [3.05, 3.63) is 89.7 Å². The Morgan fingerprint density at radius 2 is 1.53 bits per heavy atom. The third-order valence-corrected chi connectivity index (χ3v) is 7.15. The van der Waals surface area contributed by atoms with Crippen LogP contribution in [0.15, 0.2) is 72.8 Å². The van der Waals surface area contributed by atoms with E-state index in [1.807, 2.05) is 52.3 Å². The van der Waals surface area contributed by atoms with Gasteiger partial charge in [-0.2, -0.15) is 0 Å². The van der Waals surface area contributed by atoms with Crippen LogP contribution in [0.4, 0.5) is 4.39 Å². The van der Waals surface area contributed by atoms with E-state index in [1.54, 1.807) is 18.2 Å². The molecule has 2 amide bonds. The number of piperazine rings is 1. The smallest absolute Gasteiger partial charge is 0.256 e. The Morgan fingerprint density at radius 1 is 0.806 bits per heavy atom. The van der Waals surface area contributed by atoms with E-state index in [9.17, 15) is 14.0 Å². The largest absolute Gasteiger partial charge is 0.338 e. The van der Waals surface area contributed by atoms with Gasteiger partial charge < -0.3 is 14.8 Å². The first-order chi connectivity index (χ1) is 17.6. The van der Waals surface area contributed by atoms with Crippen molar-refractivity contribution in [3.8, 4) is 11.4 Å². The van der Waals surface area contributed by atoms with Gasteiger partial charge >= 0.3 is 0 Å². The molecule has 3 heterocycles. The number of imidazole rings is 1. The fourth-order valence-electron chi connectivity index (χ4n) is 5.03. The number of hydrogen-bond acceptors (Lipinski definition) is 4. The Balaban J connectivity index is 1.09. The van der Waals surface area contributed by atoms with Crippen LogP contribution < -0.4 is 0 Å². The number of aromatic nitrogens is 2. The van der Waals surface area contributed by atoms with Gasteiger partial charge in [0.15, 0.2) is 0 Å². The normalized spacial score (nSPS) is 16.8. The van der Waals surface area contributed by atoms with Gasteiger partial charge in [0.1, 0.15) is 17.2 Å². The zero-order valence-corrected chi connectivity index (χ0v) is 19.7. The highest BCUT2D eigenvalue weighted by atomic mass is 19.1. The van der Waals surface area contributed by atoms with E-state index >= 15 is 0 Å². The van der Waals surface area contributed by atoms with Gasteiger partial charge in [-0.05, 0) is 48.5 Å². The highest BCUT2D eigenvalue weighted by Gasteiger charge is 2.37. The molecule has 3 aromatic carbocycles. The Morgan fingerprint density at radius 3 is 2.25 bits per heavy atom. The number of para-hydroxylation sites is 1. The topological polar surface area (TPSA) is 72.5 Å². The predicted molar refractivity (Wildman–Crippen MR) is 135 cm³/mol. The molecule has 0 aliphatic carbocycles. The first-order valence-corrected chi connectivity index (χ1v) is 12.2. The molecule has 1 N–H and O–H groups in total. The Hall–Kier alpha value is -4.04. The van der Waals surface area contributed by atoms with Crippen molar-refractivity contribution in [1.29, 1.82) is 0 Å². The zero-order chi connectivity index (χ0) is 24.6. The van der Waals surface area contributed by atoms with Gasteiger partial charge in [-0.1, -0.05) is 24.3 Å². The molecular weight excluding hydrogens is 457 g/mol. The van der Waals surface area contributed by atoms with E-state index in [0.717, 1.165) is 29.7 Å². The van der Waals surface area contributed by atoms with E-state index < -0.39 is 0 Å². The number of fused-ring (bicyclic) bond motifs is 1. The summed E-state index contributed by atoms with van der Waals surface area (Å²) in [4.78, 5) is 40.0. The van der Waals surface area contributed by atoms with Gasteiger partial charge in [0, 0.05) is 56.4 Å². The second kappa shape index (κ2) is 9.20. The fourth-order valence-corrected chi connectivity index (χ4v) is 5.03. The predicted octanol–water partition coefficient (Wildman–Crippen LogP) is 3.65. The summed E-state index contributed by atoms with van der Waals surface area (Å²) in [6, 6.07) is 21.4. The molecule has 6 rings (SSSR count). The lowest BCUT2D eigenvalue weighted by Crippen LogP contribution is -2.64. The molecule has 2 aliphatic heterocycles. The van der Waals surface area contributed by atoms with Crippen LogP contribution in [0, 0.1) is 5.82 Å². The number of aromatic amines is 1. The molecule has 0 atom stereocenters. The molecule has 2 fully saturated rings. The summed E-state index contributed by atoms with van der Waals surface area (Å²) in [5.41, 5.74) is 3.45. The van der Waals surface area contributed by atoms with Gasteiger partial charge in [0.2, 0.25) is 0 Å². The number of carbonyl (C=O) groups is 2. The number of nitrogens with zero attached hydrogens (tertiary/aromatic N) is 4. The second-order valence-corrected chi connectivity index (χ2v) is 9.35. The van der Waals surface area contributed by atoms with Gasteiger partial charge in [0.05, 0.1) is 11.1 Å². The molecule has 36 heavy (non-hydrogen) atoms. The summed E-state index contributed by atoms with van der Waals surface area (Å²) in [7, 11) is 0. The monoisotopic (exact) mass is 483 g/mol.